The molecule has 20 heavy (non-hydrogen) atoms. The van der Waals surface area contributed by atoms with Crippen molar-refractivity contribution in [3.05, 3.63) is 0 Å². The molecule has 3 heteroatoms. The van der Waals surface area contributed by atoms with Crippen LogP contribution < -0.4 is 0 Å². The van der Waals surface area contributed by atoms with Crippen molar-refractivity contribution in [2.45, 2.75) is 83.0 Å². The lowest BCUT2D eigenvalue weighted by molar-refractivity contribution is -0.246. The summed E-state index contributed by atoms with van der Waals surface area (Å²) in [5.74, 6) is 0.664. The summed E-state index contributed by atoms with van der Waals surface area (Å²) in [6.07, 6.45) is 7.74. The van der Waals surface area contributed by atoms with Gasteiger partial charge in [-0.3, -0.25) is 0 Å². The zero-order valence-electron chi connectivity index (χ0n) is 13.3. The molecule has 0 radical (unpaired) electrons. The molecule has 4 fully saturated rings. The molecule has 4 aliphatic rings. The minimum atomic E-state index is -0.453. The monoisotopic (exact) mass is 282 g/mol. The lowest BCUT2D eigenvalue weighted by atomic mass is 9.47. The van der Waals surface area contributed by atoms with Crippen molar-refractivity contribution in [1.29, 1.82) is 0 Å². The molecule has 1 N–H and O–H groups in total. The van der Waals surface area contributed by atoms with E-state index >= 15 is 0 Å². The molecule has 116 valence electrons. The Balaban J connectivity index is 1.59. The molecule has 0 aromatic rings. The van der Waals surface area contributed by atoms with Crippen molar-refractivity contribution in [3.63, 3.8) is 0 Å². The van der Waals surface area contributed by atoms with E-state index in [4.69, 9.17) is 9.47 Å². The van der Waals surface area contributed by atoms with Gasteiger partial charge in [0.25, 0.3) is 0 Å². The largest absolute Gasteiger partial charge is 0.390 e. The average Bonchev–Trinajstić information content (AvgIpc) is 2.29. The van der Waals surface area contributed by atoms with E-state index in [0.717, 1.165) is 38.5 Å². The van der Waals surface area contributed by atoms with Crippen LogP contribution in [0, 0.1) is 11.3 Å². The predicted molar refractivity (Wildman–Crippen MR) is 78.6 cm³/mol. The minimum absolute atomic E-state index is 0.0677. The zero-order chi connectivity index (χ0) is 14.4. The lowest BCUT2D eigenvalue weighted by Crippen LogP contribution is -2.63. The Labute approximate surface area is 123 Å². The van der Waals surface area contributed by atoms with Gasteiger partial charge in [0.15, 0.2) is 0 Å². The molecule has 0 aliphatic heterocycles. The fraction of sp³-hybridized carbons (Fsp3) is 1.00. The predicted octanol–water partition coefficient (Wildman–Crippen LogP) is 3.29. The van der Waals surface area contributed by atoms with Gasteiger partial charge in [-0.05, 0) is 56.8 Å². The quantitative estimate of drug-likeness (QED) is 0.760. The van der Waals surface area contributed by atoms with Gasteiger partial charge in [0.1, 0.15) is 0 Å². The second-order valence-electron chi connectivity index (χ2n) is 8.16. The van der Waals surface area contributed by atoms with Crippen LogP contribution in [0.15, 0.2) is 0 Å². The number of hydrogen-bond acceptors (Lipinski definition) is 3. The molecule has 0 amide bonds. The van der Waals surface area contributed by atoms with Crippen LogP contribution in [0.5, 0.6) is 0 Å². The fourth-order valence-electron chi connectivity index (χ4n) is 5.56. The first-order chi connectivity index (χ1) is 9.36. The molecule has 4 bridgehead atoms. The van der Waals surface area contributed by atoms with Crippen molar-refractivity contribution >= 4 is 0 Å². The van der Waals surface area contributed by atoms with E-state index in [0.29, 0.717) is 30.7 Å². The summed E-state index contributed by atoms with van der Waals surface area (Å²) in [7, 11) is 0. The van der Waals surface area contributed by atoms with Crippen molar-refractivity contribution in [1.82, 2.24) is 0 Å². The van der Waals surface area contributed by atoms with Crippen molar-refractivity contribution in [2.24, 2.45) is 11.3 Å². The fourth-order valence-corrected chi connectivity index (χ4v) is 5.56. The third-order valence-corrected chi connectivity index (χ3v) is 5.74. The molecule has 5 atom stereocenters. The zero-order valence-corrected chi connectivity index (χ0v) is 13.3. The van der Waals surface area contributed by atoms with Crippen LogP contribution in [0.2, 0.25) is 0 Å². The molecule has 0 saturated heterocycles. The Morgan fingerprint density at radius 2 is 1.95 bits per heavy atom. The van der Waals surface area contributed by atoms with E-state index < -0.39 is 5.60 Å². The summed E-state index contributed by atoms with van der Waals surface area (Å²) in [4.78, 5) is 0. The van der Waals surface area contributed by atoms with Crippen LogP contribution in [0.25, 0.3) is 0 Å². The summed E-state index contributed by atoms with van der Waals surface area (Å²) < 4.78 is 12.0. The topological polar surface area (TPSA) is 38.7 Å². The highest BCUT2D eigenvalue weighted by atomic mass is 16.5. The first-order valence-electron chi connectivity index (χ1n) is 8.34. The molecular formula is C17H30O3. The van der Waals surface area contributed by atoms with E-state index in [-0.39, 0.29) is 5.60 Å². The van der Waals surface area contributed by atoms with E-state index in [2.05, 4.69) is 20.8 Å². The highest BCUT2D eigenvalue weighted by Gasteiger charge is 2.62. The Hall–Kier alpha value is -0.120. The standard InChI is InChI=1S/C17H30O3/c1-4-13(2)19-5-6-20-17-9-14-7-15(3,11-17)10-16(18,8-14)12-17/h13-14,18H,4-12H2,1-3H3. The maximum Gasteiger partial charge on any atom is 0.0719 e. The van der Waals surface area contributed by atoms with Gasteiger partial charge in [-0.15, -0.1) is 0 Å². The first kappa shape index (κ1) is 14.8. The third-order valence-electron chi connectivity index (χ3n) is 5.74. The van der Waals surface area contributed by atoms with E-state index in [1.807, 2.05) is 0 Å². The van der Waals surface area contributed by atoms with Gasteiger partial charge in [-0.1, -0.05) is 13.8 Å². The summed E-state index contributed by atoms with van der Waals surface area (Å²) in [6.45, 7) is 7.94. The molecule has 3 nitrogen and oxygen atoms in total. The molecule has 5 unspecified atom stereocenters. The van der Waals surface area contributed by atoms with Crippen molar-refractivity contribution in [2.75, 3.05) is 13.2 Å². The molecule has 4 aliphatic carbocycles. The smallest absolute Gasteiger partial charge is 0.0719 e. The van der Waals surface area contributed by atoms with Crippen LogP contribution in [-0.4, -0.2) is 35.6 Å². The maximum atomic E-state index is 10.8. The summed E-state index contributed by atoms with van der Waals surface area (Å²) in [6, 6.07) is 0. The van der Waals surface area contributed by atoms with Gasteiger partial charge in [-0.25, -0.2) is 0 Å². The Kier molecular flexibility index (Phi) is 3.67. The SMILES string of the molecule is CCC(C)OCCOC12CC3CC(C)(CC(O)(C3)C1)C2. The Morgan fingerprint density at radius 3 is 2.60 bits per heavy atom. The van der Waals surface area contributed by atoms with Crippen LogP contribution in [-0.2, 0) is 9.47 Å². The van der Waals surface area contributed by atoms with Gasteiger partial charge in [0.2, 0.25) is 0 Å². The molecular weight excluding hydrogens is 252 g/mol. The van der Waals surface area contributed by atoms with E-state index in [1.165, 1.54) is 6.42 Å². The first-order valence-corrected chi connectivity index (χ1v) is 8.34. The number of hydrogen-bond donors (Lipinski definition) is 1. The summed E-state index contributed by atoms with van der Waals surface area (Å²) in [5, 5.41) is 10.8. The average molecular weight is 282 g/mol. The number of aliphatic hydroxyl groups is 1. The molecule has 0 aromatic carbocycles. The normalized spacial score (nSPS) is 47.7. The number of rotatable bonds is 6. The third kappa shape index (κ3) is 2.77. The molecule has 0 spiro atoms. The van der Waals surface area contributed by atoms with E-state index in [1.54, 1.807) is 0 Å². The van der Waals surface area contributed by atoms with Gasteiger partial charge in [0, 0.05) is 6.42 Å². The summed E-state index contributed by atoms with van der Waals surface area (Å²) in [5.41, 5.74) is -0.223. The van der Waals surface area contributed by atoms with Gasteiger partial charge >= 0.3 is 0 Å². The molecule has 4 rings (SSSR count). The maximum absolute atomic E-state index is 10.8. The highest BCUT2D eigenvalue weighted by molar-refractivity contribution is 5.13. The van der Waals surface area contributed by atoms with Crippen LogP contribution >= 0.6 is 0 Å². The number of ether oxygens (including phenoxy) is 2. The molecule has 0 heterocycles. The summed E-state index contributed by atoms with van der Waals surface area (Å²) >= 11 is 0. The van der Waals surface area contributed by atoms with Gasteiger partial charge in [-0.2, -0.15) is 0 Å². The van der Waals surface area contributed by atoms with Crippen LogP contribution in [0.4, 0.5) is 0 Å². The van der Waals surface area contributed by atoms with Gasteiger partial charge in [0.05, 0.1) is 30.5 Å². The highest BCUT2D eigenvalue weighted by Crippen LogP contribution is 2.63. The van der Waals surface area contributed by atoms with Crippen molar-refractivity contribution in [3.8, 4) is 0 Å². The molecule has 4 saturated carbocycles. The Bertz CT molecular complexity index is 349. The Morgan fingerprint density at radius 1 is 1.15 bits per heavy atom. The van der Waals surface area contributed by atoms with Crippen LogP contribution in [0.1, 0.15) is 65.7 Å². The van der Waals surface area contributed by atoms with Crippen LogP contribution in [0.3, 0.4) is 0 Å². The van der Waals surface area contributed by atoms with E-state index in [9.17, 15) is 5.11 Å². The minimum Gasteiger partial charge on any atom is -0.390 e. The van der Waals surface area contributed by atoms with Crippen molar-refractivity contribution < 1.29 is 14.6 Å². The second kappa shape index (κ2) is 4.96. The second-order valence-corrected chi connectivity index (χ2v) is 8.16. The van der Waals surface area contributed by atoms with Gasteiger partial charge < -0.3 is 14.6 Å². The lowest BCUT2D eigenvalue weighted by Gasteiger charge is -2.63. The molecule has 0 aromatic heterocycles.